The Morgan fingerprint density at radius 1 is 1.48 bits per heavy atom. The van der Waals surface area contributed by atoms with Gasteiger partial charge in [-0.25, -0.2) is 13.1 Å². The first-order valence-corrected chi connectivity index (χ1v) is 8.52. The third-order valence-electron chi connectivity index (χ3n) is 2.85. The number of aromatic amines is 1. The number of hydrogen-bond acceptors (Lipinski definition) is 4. The monoisotopic (exact) mass is 393 g/mol. The molecule has 0 saturated carbocycles. The zero-order valence-corrected chi connectivity index (χ0v) is 14.4. The van der Waals surface area contributed by atoms with Crippen LogP contribution in [0.15, 0.2) is 27.7 Å². The van der Waals surface area contributed by atoms with Crippen molar-refractivity contribution >= 4 is 37.6 Å². The van der Waals surface area contributed by atoms with E-state index in [0.29, 0.717) is 9.50 Å². The molecule has 0 aliphatic rings. The molecule has 9 heteroatoms. The Balaban J connectivity index is 2.34. The standard InChI is InChI=1S/C12H13BrClN3O3S/c1-7-8(5-15-17-7)6-16-21(18,19)11-4-9(14)3-10(13)12(11)20-2/h3-5,16H,6H2,1-2H3,(H,15,17). The largest absolute Gasteiger partial charge is 0.494 e. The first kappa shape index (κ1) is 16.3. The summed E-state index contributed by atoms with van der Waals surface area (Å²) in [6.45, 7) is 1.94. The van der Waals surface area contributed by atoms with Gasteiger partial charge in [-0.15, -0.1) is 0 Å². The third-order valence-corrected chi connectivity index (χ3v) is 5.07. The van der Waals surface area contributed by atoms with E-state index in [1.165, 1.54) is 13.2 Å². The number of H-pyrrole nitrogens is 1. The highest BCUT2D eigenvalue weighted by Gasteiger charge is 2.22. The Kier molecular flexibility index (Phi) is 4.92. The predicted octanol–water partition coefficient (Wildman–Crippen LogP) is 2.62. The van der Waals surface area contributed by atoms with Gasteiger partial charge in [0.05, 0.1) is 17.8 Å². The van der Waals surface area contributed by atoms with Crippen LogP contribution < -0.4 is 9.46 Å². The number of rotatable bonds is 5. The Morgan fingerprint density at radius 3 is 2.76 bits per heavy atom. The molecule has 0 spiro atoms. The van der Waals surface area contributed by atoms with Crippen LogP contribution in [0, 0.1) is 6.92 Å². The highest BCUT2D eigenvalue weighted by Crippen LogP contribution is 2.35. The minimum Gasteiger partial charge on any atom is -0.494 e. The molecule has 1 heterocycles. The Bertz CT molecular complexity index is 761. The molecule has 2 rings (SSSR count). The highest BCUT2D eigenvalue weighted by molar-refractivity contribution is 9.10. The van der Waals surface area contributed by atoms with E-state index in [2.05, 4.69) is 30.8 Å². The SMILES string of the molecule is COc1c(Br)cc(Cl)cc1S(=O)(=O)NCc1cn[nH]c1C. The third kappa shape index (κ3) is 3.57. The lowest BCUT2D eigenvalue weighted by atomic mass is 10.3. The summed E-state index contributed by atoms with van der Waals surface area (Å²) in [5.74, 6) is 0.204. The van der Waals surface area contributed by atoms with Crippen molar-refractivity contribution in [2.24, 2.45) is 0 Å². The molecule has 0 bridgehead atoms. The van der Waals surface area contributed by atoms with Crippen LogP contribution in [0.1, 0.15) is 11.3 Å². The highest BCUT2D eigenvalue weighted by atomic mass is 79.9. The fraction of sp³-hybridized carbons (Fsp3) is 0.250. The number of methoxy groups -OCH3 is 1. The molecule has 21 heavy (non-hydrogen) atoms. The predicted molar refractivity (Wildman–Crippen MR) is 83.1 cm³/mol. The van der Waals surface area contributed by atoms with Gasteiger partial charge in [0.1, 0.15) is 4.90 Å². The van der Waals surface area contributed by atoms with Crippen LogP contribution in [-0.2, 0) is 16.6 Å². The van der Waals surface area contributed by atoms with Crippen LogP contribution in [0.2, 0.25) is 5.02 Å². The van der Waals surface area contributed by atoms with Gasteiger partial charge in [0.15, 0.2) is 5.75 Å². The lowest BCUT2D eigenvalue weighted by Crippen LogP contribution is -2.24. The number of nitrogens with one attached hydrogen (secondary N) is 2. The first-order chi connectivity index (χ1) is 9.85. The van der Waals surface area contributed by atoms with Crippen LogP contribution >= 0.6 is 27.5 Å². The van der Waals surface area contributed by atoms with Gasteiger partial charge < -0.3 is 4.74 Å². The lowest BCUT2D eigenvalue weighted by molar-refractivity contribution is 0.399. The van der Waals surface area contributed by atoms with Crippen molar-refractivity contribution in [1.29, 1.82) is 0 Å². The molecule has 2 aromatic rings. The van der Waals surface area contributed by atoms with E-state index in [-0.39, 0.29) is 17.2 Å². The normalized spacial score (nSPS) is 11.6. The minimum atomic E-state index is -3.77. The minimum absolute atomic E-state index is 0.0227. The number of nitrogens with zero attached hydrogens (tertiary/aromatic N) is 1. The molecule has 0 atom stereocenters. The Morgan fingerprint density at radius 2 is 2.19 bits per heavy atom. The summed E-state index contributed by atoms with van der Waals surface area (Å²) in [5, 5.41) is 6.89. The average molecular weight is 395 g/mol. The van der Waals surface area contributed by atoms with Crippen molar-refractivity contribution in [3.05, 3.63) is 39.1 Å². The number of halogens is 2. The van der Waals surface area contributed by atoms with Gasteiger partial charge in [-0.3, -0.25) is 5.10 Å². The fourth-order valence-electron chi connectivity index (χ4n) is 1.74. The fourth-order valence-corrected chi connectivity index (χ4v) is 4.13. The maximum atomic E-state index is 12.4. The second kappa shape index (κ2) is 6.35. The van der Waals surface area contributed by atoms with Gasteiger partial charge in [0, 0.05) is 22.8 Å². The number of benzene rings is 1. The van der Waals surface area contributed by atoms with E-state index < -0.39 is 10.0 Å². The van der Waals surface area contributed by atoms with Crippen LogP contribution in [0.4, 0.5) is 0 Å². The van der Waals surface area contributed by atoms with Crippen LogP contribution in [0.5, 0.6) is 5.75 Å². The van der Waals surface area contributed by atoms with Crippen LogP contribution in [-0.4, -0.2) is 25.7 Å². The number of hydrogen-bond donors (Lipinski definition) is 2. The zero-order valence-electron chi connectivity index (χ0n) is 11.3. The van der Waals surface area contributed by atoms with Gasteiger partial charge in [0.2, 0.25) is 10.0 Å². The van der Waals surface area contributed by atoms with Crippen molar-refractivity contribution in [2.45, 2.75) is 18.4 Å². The molecule has 1 aromatic heterocycles. The summed E-state index contributed by atoms with van der Waals surface area (Å²) in [4.78, 5) is -0.0227. The van der Waals surface area contributed by atoms with E-state index >= 15 is 0 Å². The van der Waals surface area contributed by atoms with Crippen molar-refractivity contribution in [3.63, 3.8) is 0 Å². The Hall–Kier alpha value is -1.09. The van der Waals surface area contributed by atoms with E-state index in [1.807, 2.05) is 6.92 Å². The Labute approximate surface area is 136 Å². The summed E-state index contributed by atoms with van der Waals surface area (Å²) in [7, 11) is -2.38. The second-order valence-electron chi connectivity index (χ2n) is 4.26. The molecule has 6 nitrogen and oxygen atoms in total. The van der Waals surface area contributed by atoms with Crippen molar-refractivity contribution in [1.82, 2.24) is 14.9 Å². The van der Waals surface area contributed by atoms with Crippen molar-refractivity contribution in [3.8, 4) is 5.75 Å². The van der Waals surface area contributed by atoms with E-state index in [9.17, 15) is 8.42 Å². The van der Waals surface area contributed by atoms with Crippen molar-refractivity contribution in [2.75, 3.05) is 7.11 Å². The van der Waals surface area contributed by atoms with E-state index in [1.54, 1.807) is 12.3 Å². The van der Waals surface area contributed by atoms with Gasteiger partial charge in [-0.05, 0) is 35.0 Å². The molecular weight excluding hydrogens is 382 g/mol. The summed E-state index contributed by atoms with van der Waals surface area (Å²) in [6, 6.07) is 2.91. The molecule has 0 unspecified atom stereocenters. The molecule has 2 N–H and O–H groups in total. The quantitative estimate of drug-likeness (QED) is 0.816. The molecule has 0 fully saturated rings. The molecule has 1 aromatic carbocycles. The topological polar surface area (TPSA) is 84.1 Å². The number of sulfonamides is 1. The average Bonchev–Trinajstić information content (AvgIpc) is 2.81. The molecule has 0 amide bonds. The van der Waals surface area contributed by atoms with E-state index in [0.717, 1.165) is 11.3 Å². The summed E-state index contributed by atoms with van der Waals surface area (Å²) in [5.41, 5.74) is 1.57. The molecule has 0 radical (unpaired) electrons. The molecular formula is C12H13BrClN3O3S. The zero-order chi connectivity index (χ0) is 15.6. The summed E-state index contributed by atoms with van der Waals surface area (Å²) < 4.78 is 32.9. The number of ether oxygens (including phenoxy) is 1. The van der Waals surface area contributed by atoms with Crippen LogP contribution in [0.25, 0.3) is 0 Å². The lowest BCUT2D eigenvalue weighted by Gasteiger charge is -2.12. The molecule has 0 aliphatic heterocycles. The summed E-state index contributed by atoms with van der Waals surface area (Å²) >= 11 is 9.15. The molecule has 0 aliphatic carbocycles. The van der Waals surface area contributed by atoms with Crippen molar-refractivity contribution < 1.29 is 13.2 Å². The maximum Gasteiger partial charge on any atom is 0.244 e. The first-order valence-electron chi connectivity index (χ1n) is 5.86. The number of aryl methyl sites for hydroxylation is 1. The maximum absolute atomic E-state index is 12.4. The molecule has 114 valence electrons. The smallest absolute Gasteiger partial charge is 0.244 e. The summed E-state index contributed by atoms with van der Waals surface area (Å²) in [6.07, 6.45) is 1.57. The van der Waals surface area contributed by atoms with Gasteiger partial charge >= 0.3 is 0 Å². The van der Waals surface area contributed by atoms with Gasteiger partial charge in [0.25, 0.3) is 0 Å². The number of aromatic nitrogens is 2. The van der Waals surface area contributed by atoms with Gasteiger partial charge in [-0.1, -0.05) is 11.6 Å². The molecule has 0 saturated heterocycles. The van der Waals surface area contributed by atoms with Gasteiger partial charge in [-0.2, -0.15) is 5.10 Å². The van der Waals surface area contributed by atoms with E-state index in [4.69, 9.17) is 16.3 Å². The second-order valence-corrected chi connectivity index (χ2v) is 7.29. The van der Waals surface area contributed by atoms with Crippen LogP contribution in [0.3, 0.4) is 0 Å².